The number of nitrogens with one attached hydrogen (secondary N) is 1. The standard InChI is InChI=1S/C21H34ClN3O/c1-21(2,17-24-10-12-26-13-11-24)16-23-20-4-3-9-25(15-20)14-18-5-7-19(22)8-6-18/h5-8,20,23H,3-4,9-17H2,1-2H3. The van der Waals surface area contributed by atoms with Crippen molar-refractivity contribution in [2.24, 2.45) is 5.41 Å². The van der Waals surface area contributed by atoms with Crippen LogP contribution in [0.3, 0.4) is 0 Å². The lowest BCUT2D eigenvalue weighted by atomic mass is 9.91. The topological polar surface area (TPSA) is 27.7 Å². The Bertz CT molecular complexity index is 543. The number of hydrogen-bond acceptors (Lipinski definition) is 4. The van der Waals surface area contributed by atoms with Gasteiger partial charge in [0, 0.05) is 50.3 Å². The molecule has 5 heteroatoms. The number of nitrogens with zero attached hydrogens (tertiary/aromatic N) is 2. The van der Waals surface area contributed by atoms with Gasteiger partial charge in [0.2, 0.25) is 0 Å². The summed E-state index contributed by atoms with van der Waals surface area (Å²) in [4.78, 5) is 5.11. The minimum atomic E-state index is 0.287. The lowest BCUT2D eigenvalue weighted by Gasteiger charge is -2.38. The first-order valence-corrected chi connectivity index (χ1v) is 10.4. The molecule has 2 saturated heterocycles. The number of likely N-dealkylation sites (tertiary alicyclic amines) is 1. The molecule has 1 atom stereocenters. The minimum Gasteiger partial charge on any atom is -0.379 e. The monoisotopic (exact) mass is 379 g/mol. The SMILES string of the molecule is CC(C)(CNC1CCCN(Cc2ccc(Cl)cc2)C1)CN1CCOCC1. The molecule has 1 aromatic carbocycles. The zero-order valence-electron chi connectivity index (χ0n) is 16.3. The smallest absolute Gasteiger partial charge is 0.0594 e. The number of ether oxygens (including phenoxy) is 1. The molecule has 2 fully saturated rings. The summed E-state index contributed by atoms with van der Waals surface area (Å²) in [7, 11) is 0. The van der Waals surface area contributed by atoms with Crippen LogP contribution in [-0.4, -0.2) is 68.3 Å². The van der Waals surface area contributed by atoms with Gasteiger partial charge in [0.15, 0.2) is 0 Å². The average molecular weight is 380 g/mol. The van der Waals surface area contributed by atoms with Crippen LogP contribution in [0.2, 0.25) is 5.02 Å². The predicted molar refractivity (Wildman–Crippen MR) is 109 cm³/mol. The molecule has 1 N–H and O–H groups in total. The molecule has 2 aliphatic rings. The molecule has 26 heavy (non-hydrogen) atoms. The van der Waals surface area contributed by atoms with Gasteiger partial charge in [-0.1, -0.05) is 37.6 Å². The molecule has 4 nitrogen and oxygen atoms in total. The summed E-state index contributed by atoms with van der Waals surface area (Å²) in [6.07, 6.45) is 2.56. The van der Waals surface area contributed by atoms with Crippen LogP contribution in [0, 0.1) is 5.41 Å². The van der Waals surface area contributed by atoms with Crippen LogP contribution in [0.5, 0.6) is 0 Å². The number of benzene rings is 1. The van der Waals surface area contributed by atoms with Crippen molar-refractivity contribution < 1.29 is 4.74 Å². The van der Waals surface area contributed by atoms with E-state index in [0.29, 0.717) is 6.04 Å². The van der Waals surface area contributed by atoms with E-state index < -0.39 is 0 Å². The molecular weight excluding hydrogens is 346 g/mol. The number of rotatable bonds is 7. The van der Waals surface area contributed by atoms with Gasteiger partial charge in [0.1, 0.15) is 0 Å². The number of halogens is 1. The Morgan fingerprint density at radius 2 is 1.85 bits per heavy atom. The van der Waals surface area contributed by atoms with E-state index in [1.54, 1.807) is 0 Å². The van der Waals surface area contributed by atoms with Crippen LogP contribution in [0.15, 0.2) is 24.3 Å². The van der Waals surface area contributed by atoms with E-state index in [0.717, 1.165) is 57.5 Å². The fraction of sp³-hybridized carbons (Fsp3) is 0.714. The number of piperidine rings is 1. The maximum Gasteiger partial charge on any atom is 0.0594 e. The molecule has 1 aromatic rings. The van der Waals surface area contributed by atoms with Crippen molar-refractivity contribution in [3.8, 4) is 0 Å². The van der Waals surface area contributed by atoms with E-state index >= 15 is 0 Å². The summed E-state index contributed by atoms with van der Waals surface area (Å²) < 4.78 is 5.47. The van der Waals surface area contributed by atoms with Crippen LogP contribution in [-0.2, 0) is 11.3 Å². The van der Waals surface area contributed by atoms with E-state index in [2.05, 4.69) is 41.1 Å². The van der Waals surface area contributed by atoms with E-state index in [4.69, 9.17) is 16.3 Å². The maximum atomic E-state index is 6.00. The molecular formula is C21H34ClN3O. The second-order valence-corrected chi connectivity index (χ2v) is 9.07. The molecule has 0 spiro atoms. The molecule has 0 radical (unpaired) electrons. The minimum absolute atomic E-state index is 0.287. The molecule has 0 amide bonds. The maximum absolute atomic E-state index is 6.00. The van der Waals surface area contributed by atoms with Crippen molar-refractivity contribution >= 4 is 11.6 Å². The molecule has 2 aliphatic heterocycles. The highest BCUT2D eigenvalue weighted by atomic mass is 35.5. The van der Waals surface area contributed by atoms with Crippen molar-refractivity contribution in [2.75, 3.05) is 52.5 Å². The Hall–Kier alpha value is -0.650. The van der Waals surface area contributed by atoms with Gasteiger partial charge in [-0.25, -0.2) is 0 Å². The van der Waals surface area contributed by atoms with Crippen molar-refractivity contribution in [1.82, 2.24) is 15.1 Å². The Kier molecular flexibility index (Phi) is 7.35. The highest BCUT2D eigenvalue weighted by Crippen LogP contribution is 2.20. The van der Waals surface area contributed by atoms with Gasteiger partial charge < -0.3 is 10.1 Å². The van der Waals surface area contributed by atoms with Crippen molar-refractivity contribution in [2.45, 2.75) is 39.3 Å². The van der Waals surface area contributed by atoms with E-state index in [1.807, 2.05) is 12.1 Å². The third-order valence-electron chi connectivity index (χ3n) is 5.45. The van der Waals surface area contributed by atoms with Crippen molar-refractivity contribution in [3.05, 3.63) is 34.9 Å². The second-order valence-electron chi connectivity index (χ2n) is 8.63. The highest BCUT2D eigenvalue weighted by molar-refractivity contribution is 6.30. The van der Waals surface area contributed by atoms with Crippen LogP contribution < -0.4 is 5.32 Å². The zero-order chi connectivity index (χ0) is 18.4. The summed E-state index contributed by atoms with van der Waals surface area (Å²) in [5.74, 6) is 0. The normalized spacial score (nSPS) is 23.3. The summed E-state index contributed by atoms with van der Waals surface area (Å²) in [5, 5.41) is 4.67. The Labute approximate surface area is 163 Å². The molecule has 146 valence electrons. The van der Waals surface area contributed by atoms with Gasteiger partial charge in [0.05, 0.1) is 13.2 Å². The lowest BCUT2D eigenvalue weighted by Crippen LogP contribution is -2.50. The first-order valence-electron chi connectivity index (χ1n) is 10.0. The van der Waals surface area contributed by atoms with Crippen LogP contribution in [0.4, 0.5) is 0 Å². The first kappa shape index (κ1) is 20.1. The zero-order valence-corrected chi connectivity index (χ0v) is 17.1. The van der Waals surface area contributed by atoms with E-state index in [-0.39, 0.29) is 5.41 Å². The van der Waals surface area contributed by atoms with E-state index in [9.17, 15) is 0 Å². The molecule has 2 heterocycles. The fourth-order valence-electron chi connectivity index (χ4n) is 4.05. The van der Waals surface area contributed by atoms with Gasteiger partial charge >= 0.3 is 0 Å². The van der Waals surface area contributed by atoms with Crippen LogP contribution in [0.25, 0.3) is 0 Å². The van der Waals surface area contributed by atoms with Crippen LogP contribution in [0.1, 0.15) is 32.3 Å². The lowest BCUT2D eigenvalue weighted by molar-refractivity contribution is 0.0204. The summed E-state index contributed by atoms with van der Waals surface area (Å²) >= 11 is 6.00. The van der Waals surface area contributed by atoms with Gasteiger partial charge in [-0.15, -0.1) is 0 Å². The van der Waals surface area contributed by atoms with E-state index in [1.165, 1.54) is 24.9 Å². The Morgan fingerprint density at radius 3 is 2.58 bits per heavy atom. The largest absolute Gasteiger partial charge is 0.379 e. The molecule has 0 bridgehead atoms. The second kappa shape index (κ2) is 9.52. The average Bonchev–Trinajstić information content (AvgIpc) is 2.63. The number of hydrogen-bond donors (Lipinski definition) is 1. The van der Waals surface area contributed by atoms with Gasteiger partial charge in [-0.05, 0) is 42.5 Å². The highest BCUT2D eigenvalue weighted by Gasteiger charge is 2.26. The third-order valence-corrected chi connectivity index (χ3v) is 5.70. The molecule has 0 saturated carbocycles. The third kappa shape index (κ3) is 6.50. The molecule has 0 aromatic heterocycles. The van der Waals surface area contributed by atoms with Gasteiger partial charge in [0.25, 0.3) is 0 Å². The van der Waals surface area contributed by atoms with Crippen molar-refractivity contribution in [1.29, 1.82) is 0 Å². The predicted octanol–water partition coefficient (Wildman–Crippen LogP) is 3.25. The summed E-state index contributed by atoms with van der Waals surface area (Å²) in [6, 6.07) is 8.87. The van der Waals surface area contributed by atoms with Crippen LogP contribution >= 0.6 is 11.6 Å². The molecule has 1 unspecified atom stereocenters. The molecule has 3 rings (SSSR count). The quantitative estimate of drug-likeness (QED) is 0.787. The number of morpholine rings is 1. The Morgan fingerprint density at radius 1 is 1.12 bits per heavy atom. The van der Waals surface area contributed by atoms with Gasteiger partial charge in [-0.2, -0.15) is 0 Å². The van der Waals surface area contributed by atoms with Gasteiger partial charge in [-0.3, -0.25) is 9.80 Å². The fourth-order valence-corrected chi connectivity index (χ4v) is 4.18. The summed E-state index contributed by atoms with van der Waals surface area (Å²) in [5.41, 5.74) is 1.64. The van der Waals surface area contributed by atoms with Crippen molar-refractivity contribution in [3.63, 3.8) is 0 Å². The molecule has 0 aliphatic carbocycles. The Balaban J connectivity index is 1.43. The summed E-state index contributed by atoms with van der Waals surface area (Å²) in [6.45, 7) is 14.2. The first-order chi connectivity index (χ1) is 12.5.